The standard InChI is InChI=1S/C9H16N4O3/c1-2-7-11-8(13-12-7)9(15)10-3-5-16-6-4-14/h14H,2-6H2,1H3,(H,10,15)(H,11,12,13). The molecule has 1 amide bonds. The van der Waals surface area contributed by atoms with Crippen molar-refractivity contribution in [1.82, 2.24) is 20.5 Å². The Labute approximate surface area is 93.2 Å². The highest BCUT2D eigenvalue weighted by atomic mass is 16.5. The molecule has 90 valence electrons. The number of nitrogens with zero attached hydrogens (tertiary/aromatic N) is 2. The van der Waals surface area contributed by atoms with Gasteiger partial charge in [0.1, 0.15) is 5.82 Å². The molecular weight excluding hydrogens is 212 g/mol. The second-order valence-electron chi connectivity index (χ2n) is 3.05. The smallest absolute Gasteiger partial charge is 0.291 e. The summed E-state index contributed by atoms with van der Waals surface area (Å²) in [6.45, 7) is 2.91. The fourth-order valence-electron chi connectivity index (χ4n) is 1.04. The number of amides is 1. The number of nitrogens with one attached hydrogen (secondary N) is 2. The Morgan fingerprint density at radius 2 is 2.38 bits per heavy atom. The Morgan fingerprint density at radius 1 is 1.56 bits per heavy atom. The highest BCUT2D eigenvalue weighted by molar-refractivity contribution is 5.90. The topological polar surface area (TPSA) is 100 Å². The normalized spacial score (nSPS) is 10.4. The highest BCUT2D eigenvalue weighted by Crippen LogP contribution is 1.92. The molecule has 0 saturated heterocycles. The van der Waals surface area contributed by atoms with Crippen LogP contribution in [0.4, 0.5) is 0 Å². The number of carbonyl (C=O) groups excluding carboxylic acids is 1. The van der Waals surface area contributed by atoms with Crippen LogP contribution in [0.1, 0.15) is 23.4 Å². The molecule has 1 rings (SSSR count). The molecule has 7 nitrogen and oxygen atoms in total. The Hall–Kier alpha value is -1.47. The van der Waals surface area contributed by atoms with Crippen molar-refractivity contribution in [3.8, 4) is 0 Å². The predicted octanol–water partition coefficient (Wildman–Crippen LogP) is -0.894. The van der Waals surface area contributed by atoms with Crippen molar-refractivity contribution in [1.29, 1.82) is 0 Å². The number of hydrogen-bond donors (Lipinski definition) is 3. The summed E-state index contributed by atoms with van der Waals surface area (Å²) < 4.78 is 4.98. The Balaban J connectivity index is 2.24. The monoisotopic (exact) mass is 228 g/mol. The second-order valence-corrected chi connectivity index (χ2v) is 3.05. The van der Waals surface area contributed by atoms with E-state index in [-0.39, 0.29) is 24.9 Å². The van der Waals surface area contributed by atoms with E-state index in [1.54, 1.807) is 0 Å². The van der Waals surface area contributed by atoms with Crippen molar-refractivity contribution in [2.75, 3.05) is 26.4 Å². The summed E-state index contributed by atoms with van der Waals surface area (Å²) in [7, 11) is 0. The first kappa shape index (κ1) is 12.6. The molecule has 0 unspecified atom stereocenters. The number of aliphatic hydroxyl groups is 1. The van der Waals surface area contributed by atoms with Gasteiger partial charge in [0, 0.05) is 13.0 Å². The van der Waals surface area contributed by atoms with Crippen molar-refractivity contribution in [2.24, 2.45) is 0 Å². The Bertz CT molecular complexity index is 326. The summed E-state index contributed by atoms with van der Waals surface area (Å²) in [5, 5.41) is 17.5. The third-order valence-corrected chi connectivity index (χ3v) is 1.84. The average Bonchev–Trinajstić information content (AvgIpc) is 2.77. The van der Waals surface area contributed by atoms with E-state index in [9.17, 15) is 4.79 Å². The van der Waals surface area contributed by atoms with E-state index < -0.39 is 0 Å². The predicted molar refractivity (Wildman–Crippen MR) is 56.0 cm³/mol. The largest absolute Gasteiger partial charge is 0.394 e. The molecule has 0 aromatic carbocycles. The number of ether oxygens (including phenoxy) is 1. The Kier molecular flexibility index (Phi) is 5.44. The molecule has 0 spiro atoms. The van der Waals surface area contributed by atoms with Crippen molar-refractivity contribution in [2.45, 2.75) is 13.3 Å². The van der Waals surface area contributed by atoms with Gasteiger partial charge in [-0.15, -0.1) is 5.10 Å². The molecule has 7 heteroatoms. The maximum absolute atomic E-state index is 11.4. The molecular formula is C9H16N4O3. The zero-order valence-electron chi connectivity index (χ0n) is 9.19. The van der Waals surface area contributed by atoms with E-state index in [1.807, 2.05) is 6.92 Å². The summed E-state index contributed by atoms with van der Waals surface area (Å²) in [5.41, 5.74) is 0. The molecule has 0 bridgehead atoms. The first-order valence-electron chi connectivity index (χ1n) is 5.16. The summed E-state index contributed by atoms with van der Waals surface area (Å²) in [6, 6.07) is 0. The number of H-pyrrole nitrogens is 1. The zero-order chi connectivity index (χ0) is 11.8. The summed E-state index contributed by atoms with van der Waals surface area (Å²) in [5.74, 6) is 0.490. The van der Waals surface area contributed by atoms with E-state index in [0.29, 0.717) is 25.4 Å². The highest BCUT2D eigenvalue weighted by Gasteiger charge is 2.10. The van der Waals surface area contributed by atoms with E-state index in [1.165, 1.54) is 0 Å². The number of carbonyl (C=O) groups is 1. The van der Waals surface area contributed by atoms with E-state index in [4.69, 9.17) is 9.84 Å². The third kappa shape index (κ3) is 3.95. The van der Waals surface area contributed by atoms with Crippen LogP contribution in [0.3, 0.4) is 0 Å². The minimum Gasteiger partial charge on any atom is -0.394 e. The molecule has 0 aliphatic rings. The van der Waals surface area contributed by atoms with Crippen LogP contribution in [-0.4, -0.2) is 52.6 Å². The molecule has 0 aliphatic carbocycles. The van der Waals surface area contributed by atoms with Crippen LogP contribution in [0.15, 0.2) is 0 Å². The number of aromatic nitrogens is 3. The van der Waals surface area contributed by atoms with Crippen molar-refractivity contribution in [3.63, 3.8) is 0 Å². The summed E-state index contributed by atoms with van der Waals surface area (Å²) >= 11 is 0. The lowest BCUT2D eigenvalue weighted by Crippen LogP contribution is -2.28. The van der Waals surface area contributed by atoms with Gasteiger partial charge in [0.15, 0.2) is 0 Å². The van der Waals surface area contributed by atoms with Crippen molar-refractivity contribution < 1.29 is 14.6 Å². The fraction of sp³-hybridized carbons (Fsp3) is 0.667. The van der Waals surface area contributed by atoms with Crippen LogP contribution < -0.4 is 5.32 Å². The SMILES string of the molecule is CCc1nc(C(=O)NCCOCCO)n[nH]1. The van der Waals surface area contributed by atoms with Crippen LogP contribution in [0.25, 0.3) is 0 Å². The fourth-order valence-corrected chi connectivity index (χ4v) is 1.04. The molecule has 0 saturated carbocycles. The lowest BCUT2D eigenvalue weighted by atomic mass is 10.4. The van der Waals surface area contributed by atoms with Gasteiger partial charge in [-0.05, 0) is 0 Å². The van der Waals surface area contributed by atoms with Gasteiger partial charge in [-0.25, -0.2) is 4.98 Å². The van der Waals surface area contributed by atoms with Gasteiger partial charge < -0.3 is 15.2 Å². The number of hydrogen-bond acceptors (Lipinski definition) is 5. The minimum absolute atomic E-state index is 0.0191. The van der Waals surface area contributed by atoms with Crippen molar-refractivity contribution >= 4 is 5.91 Å². The maximum atomic E-state index is 11.4. The zero-order valence-corrected chi connectivity index (χ0v) is 9.19. The number of aliphatic hydroxyl groups excluding tert-OH is 1. The van der Waals surface area contributed by atoms with E-state index in [0.717, 1.165) is 0 Å². The first-order valence-corrected chi connectivity index (χ1v) is 5.16. The molecule has 16 heavy (non-hydrogen) atoms. The van der Waals surface area contributed by atoms with Gasteiger partial charge in [0.2, 0.25) is 5.82 Å². The van der Waals surface area contributed by atoms with Gasteiger partial charge in [0.25, 0.3) is 5.91 Å². The second kappa shape index (κ2) is 6.91. The number of rotatable bonds is 7. The van der Waals surface area contributed by atoms with Gasteiger partial charge in [0.05, 0.1) is 19.8 Å². The van der Waals surface area contributed by atoms with Crippen LogP contribution in [-0.2, 0) is 11.2 Å². The van der Waals surface area contributed by atoms with Gasteiger partial charge in [-0.2, -0.15) is 0 Å². The molecule has 0 radical (unpaired) electrons. The number of aromatic amines is 1. The summed E-state index contributed by atoms with van der Waals surface area (Å²) in [4.78, 5) is 15.4. The van der Waals surface area contributed by atoms with Crippen LogP contribution in [0, 0.1) is 0 Å². The first-order chi connectivity index (χ1) is 7.77. The number of aryl methyl sites for hydroxylation is 1. The molecule has 1 aromatic rings. The van der Waals surface area contributed by atoms with Gasteiger partial charge in [-0.1, -0.05) is 6.92 Å². The van der Waals surface area contributed by atoms with Gasteiger partial charge >= 0.3 is 0 Å². The molecule has 0 atom stereocenters. The third-order valence-electron chi connectivity index (χ3n) is 1.84. The quantitative estimate of drug-likeness (QED) is 0.525. The van der Waals surface area contributed by atoms with Crippen molar-refractivity contribution in [3.05, 3.63) is 11.6 Å². The van der Waals surface area contributed by atoms with Crippen LogP contribution in [0.2, 0.25) is 0 Å². The molecule has 1 heterocycles. The lowest BCUT2D eigenvalue weighted by molar-refractivity contribution is 0.0832. The molecule has 1 aromatic heterocycles. The maximum Gasteiger partial charge on any atom is 0.291 e. The molecule has 0 aliphatic heterocycles. The molecule has 3 N–H and O–H groups in total. The van der Waals surface area contributed by atoms with E-state index >= 15 is 0 Å². The van der Waals surface area contributed by atoms with Gasteiger partial charge in [-0.3, -0.25) is 9.89 Å². The average molecular weight is 228 g/mol. The van der Waals surface area contributed by atoms with Crippen LogP contribution in [0.5, 0.6) is 0 Å². The summed E-state index contributed by atoms with van der Waals surface area (Å²) in [6.07, 6.45) is 0.708. The lowest BCUT2D eigenvalue weighted by Gasteiger charge is -2.02. The van der Waals surface area contributed by atoms with Crippen LogP contribution >= 0.6 is 0 Å². The van der Waals surface area contributed by atoms with E-state index in [2.05, 4.69) is 20.5 Å². The molecule has 0 fully saturated rings. The Morgan fingerprint density at radius 3 is 3.00 bits per heavy atom. The minimum atomic E-state index is -0.330.